The van der Waals surface area contributed by atoms with Gasteiger partial charge in [-0.1, -0.05) is 41.7 Å². The molecule has 1 atom stereocenters. The van der Waals surface area contributed by atoms with E-state index in [1.165, 1.54) is 28.4 Å². The zero-order chi connectivity index (χ0) is 25.6. The number of nitrogens with zero attached hydrogens (tertiary/aromatic N) is 2. The summed E-state index contributed by atoms with van der Waals surface area (Å²) in [5, 5.41) is 21.5. The molecule has 0 spiro atoms. The summed E-state index contributed by atoms with van der Waals surface area (Å²) in [5.41, 5.74) is 3.67. The van der Waals surface area contributed by atoms with E-state index in [9.17, 15) is 19.8 Å². The van der Waals surface area contributed by atoms with E-state index in [-0.39, 0.29) is 17.1 Å². The van der Waals surface area contributed by atoms with Gasteiger partial charge in [0.25, 0.3) is 5.78 Å². The first kappa shape index (κ1) is 23.6. The zero-order valence-electron chi connectivity index (χ0n) is 20.0. The minimum atomic E-state index is -0.927. The molecular formula is C28H24N2O5S. The van der Waals surface area contributed by atoms with Crippen LogP contribution in [0, 0.1) is 13.8 Å². The number of aliphatic hydroxyl groups excluding tert-OH is 1. The first-order chi connectivity index (χ1) is 17.3. The number of Topliss-reactive ketones (excluding diaryl/α,β-unsaturated/α-hetero) is 1. The van der Waals surface area contributed by atoms with Gasteiger partial charge in [0.1, 0.15) is 17.3 Å². The molecule has 0 saturated carbocycles. The van der Waals surface area contributed by atoms with Gasteiger partial charge in [0, 0.05) is 5.56 Å². The molecule has 1 aliphatic rings. The summed E-state index contributed by atoms with van der Waals surface area (Å²) in [6, 6.07) is 16.1. The number of amides is 1. The molecule has 8 heteroatoms. The Morgan fingerprint density at radius 2 is 1.83 bits per heavy atom. The fourth-order valence-electron chi connectivity index (χ4n) is 4.52. The van der Waals surface area contributed by atoms with Crippen LogP contribution in [0.2, 0.25) is 0 Å². The van der Waals surface area contributed by atoms with Gasteiger partial charge in [-0.2, -0.15) is 0 Å². The number of anilines is 1. The third-order valence-corrected chi connectivity index (χ3v) is 7.10. The number of aromatic nitrogens is 1. The fraction of sp³-hybridized carbons (Fsp3) is 0.179. The van der Waals surface area contributed by atoms with Crippen molar-refractivity contribution in [3.05, 3.63) is 88.5 Å². The normalized spacial score (nSPS) is 17.2. The number of aryl methyl sites for hydroxylation is 2. The minimum absolute atomic E-state index is 0.0474. The molecule has 2 N–H and O–H groups in total. The zero-order valence-corrected chi connectivity index (χ0v) is 20.8. The standard InChI is InChI=1S/C28H24N2O5S/c1-4-35-20-7-5-6-18(14-20)25(32)22-24(17-8-10-19(31)11-9-17)30(27(34)26(22)33)28-29-23-16(3)12-15(2)13-21(23)36-28/h5-14,24,31-32H,4H2,1-3H3. The number of ether oxygens (including phenoxy) is 1. The first-order valence-electron chi connectivity index (χ1n) is 11.5. The third kappa shape index (κ3) is 3.99. The van der Waals surface area contributed by atoms with E-state index in [4.69, 9.17) is 9.72 Å². The lowest BCUT2D eigenvalue weighted by molar-refractivity contribution is -0.132. The average Bonchev–Trinajstić information content (AvgIpc) is 3.38. The highest BCUT2D eigenvalue weighted by atomic mass is 32.1. The lowest BCUT2D eigenvalue weighted by Crippen LogP contribution is -2.29. The number of carbonyl (C=O) groups is 2. The van der Waals surface area contributed by atoms with Crippen molar-refractivity contribution in [1.82, 2.24) is 4.98 Å². The number of ketones is 1. The Kier molecular flexibility index (Phi) is 5.97. The van der Waals surface area contributed by atoms with Crippen LogP contribution >= 0.6 is 11.3 Å². The van der Waals surface area contributed by atoms with E-state index in [2.05, 4.69) is 0 Å². The molecule has 1 aliphatic heterocycles. The van der Waals surface area contributed by atoms with E-state index < -0.39 is 17.7 Å². The van der Waals surface area contributed by atoms with Crippen LogP contribution in [0.4, 0.5) is 5.13 Å². The molecule has 182 valence electrons. The highest BCUT2D eigenvalue weighted by Crippen LogP contribution is 2.45. The summed E-state index contributed by atoms with van der Waals surface area (Å²) >= 11 is 1.32. The summed E-state index contributed by atoms with van der Waals surface area (Å²) in [6.07, 6.45) is 0. The molecule has 0 aliphatic carbocycles. The van der Waals surface area contributed by atoms with Crippen LogP contribution in [-0.2, 0) is 9.59 Å². The Bertz CT molecular complexity index is 1540. The Labute approximate surface area is 211 Å². The van der Waals surface area contributed by atoms with Crippen LogP contribution < -0.4 is 9.64 Å². The van der Waals surface area contributed by atoms with Crippen LogP contribution in [0.3, 0.4) is 0 Å². The second-order valence-corrected chi connectivity index (χ2v) is 9.66. The minimum Gasteiger partial charge on any atom is -0.508 e. The topological polar surface area (TPSA) is 100.0 Å². The van der Waals surface area contributed by atoms with Crippen LogP contribution in [0.25, 0.3) is 16.0 Å². The molecular weight excluding hydrogens is 476 g/mol. The maximum atomic E-state index is 13.4. The summed E-state index contributed by atoms with van der Waals surface area (Å²) in [7, 11) is 0. The third-order valence-electron chi connectivity index (χ3n) is 6.10. The predicted molar refractivity (Wildman–Crippen MR) is 140 cm³/mol. The maximum Gasteiger partial charge on any atom is 0.301 e. The number of aliphatic hydroxyl groups is 1. The highest BCUT2D eigenvalue weighted by molar-refractivity contribution is 7.22. The van der Waals surface area contributed by atoms with E-state index >= 15 is 0 Å². The Morgan fingerprint density at radius 1 is 1.08 bits per heavy atom. The van der Waals surface area contributed by atoms with Gasteiger partial charge >= 0.3 is 5.91 Å². The Morgan fingerprint density at radius 3 is 2.56 bits per heavy atom. The van der Waals surface area contributed by atoms with Crippen LogP contribution in [0.15, 0.2) is 66.2 Å². The van der Waals surface area contributed by atoms with Crippen molar-refractivity contribution in [3.63, 3.8) is 0 Å². The molecule has 5 rings (SSSR count). The van der Waals surface area contributed by atoms with E-state index in [1.807, 2.05) is 32.9 Å². The second kappa shape index (κ2) is 9.13. The van der Waals surface area contributed by atoms with Crippen molar-refractivity contribution in [2.24, 2.45) is 0 Å². The molecule has 1 aromatic heterocycles. The largest absolute Gasteiger partial charge is 0.508 e. The van der Waals surface area contributed by atoms with E-state index in [0.29, 0.717) is 28.6 Å². The van der Waals surface area contributed by atoms with Crippen molar-refractivity contribution in [2.75, 3.05) is 11.5 Å². The lowest BCUT2D eigenvalue weighted by Gasteiger charge is -2.23. The summed E-state index contributed by atoms with van der Waals surface area (Å²) in [4.78, 5) is 32.9. The molecule has 3 aromatic carbocycles. The van der Waals surface area contributed by atoms with Gasteiger partial charge in [-0.15, -0.1) is 0 Å². The number of thiazole rings is 1. The molecule has 1 amide bonds. The fourth-order valence-corrected chi connectivity index (χ4v) is 5.69. The molecule has 0 radical (unpaired) electrons. The Hall–Kier alpha value is -4.17. The van der Waals surface area contributed by atoms with Gasteiger partial charge in [-0.05, 0) is 67.8 Å². The summed E-state index contributed by atoms with van der Waals surface area (Å²) in [5.74, 6) is -1.30. The van der Waals surface area contributed by atoms with Crippen molar-refractivity contribution < 1.29 is 24.5 Å². The van der Waals surface area contributed by atoms with Gasteiger partial charge in [0.05, 0.1) is 28.4 Å². The SMILES string of the molecule is CCOc1cccc(C(O)=C2C(=O)C(=O)N(c3nc4c(C)cc(C)cc4s3)C2c2ccc(O)cc2)c1. The molecule has 4 aromatic rings. The number of phenolic OH excluding ortho intramolecular Hbond substituents is 1. The molecule has 1 saturated heterocycles. The molecule has 0 bridgehead atoms. The van der Waals surface area contributed by atoms with Crippen LogP contribution in [0.5, 0.6) is 11.5 Å². The van der Waals surface area contributed by atoms with Crippen molar-refractivity contribution >= 4 is 44.1 Å². The number of hydrogen-bond donors (Lipinski definition) is 2. The molecule has 36 heavy (non-hydrogen) atoms. The van der Waals surface area contributed by atoms with Gasteiger partial charge in [0.15, 0.2) is 5.13 Å². The van der Waals surface area contributed by atoms with Crippen molar-refractivity contribution in [3.8, 4) is 11.5 Å². The van der Waals surface area contributed by atoms with E-state index in [1.54, 1.807) is 36.4 Å². The maximum absolute atomic E-state index is 13.4. The number of hydrogen-bond acceptors (Lipinski definition) is 7. The molecule has 1 unspecified atom stereocenters. The highest BCUT2D eigenvalue weighted by Gasteiger charge is 2.48. The molecule has 2 heterocycles. The van der Waals surface area contributed by atoms with Gasteiger partial charge in [-0.25, -0.2) is 4.98 Å². The van der Waals surface area contributed by atoms with Gasteiger partial charge in [-0.3, -0.25) is 14.5 Å². The number of phenols is 1. The van der Waals surface area contributed by atoms with Gasteiger partial charge in [0.2, 0.25) is 0 Å². The second-order valence-electron chi connectivity index (χ2n) is 8.65. The van der Waals surface area contributed by atoms with E-state index in [0.717, 1.165) is 21.3 Å². The quantitative estimate of drug-likeness (QED) is 0.209. The number of aromatic hydroxyl groups is 1. The lowest BCUT2D eigenvalue weighted by atomic mass is 9.95. The monoisotopic (exact) mass is 500 g/mol. The number of benzene rings is 3. The predicted octanol–water partition coefficient (Wildman–Crippen LogP) is 5.64. The van der Waals surface area contributed by atoms with Crippen LogP contribution in [0.1, 0.15) is 35.2 Å². The number of carbonyl (C=O) groups excluding carboxylic acids is 2. The smallest absolute Gasteiger partial charge is 0.301 e. The summed E-state index contributed by atoms with van der Waals surface area (Å²) < 4.78 is 6.45. The average molecular weight is 501 g/mol. The van der Waals surface area contributed by atoms with Crippen molar-refractivity contribution in [1.29, 1.82) is 0 Å². The number of fused-ring (bicyclic) bond motifs is 1. The van der Waals surface area contributed by atoms with Crippen LogP contribution in [-0.4, -0.2) is 33.5 Å². The number of rotatable bonds is 5. The first-order valence-corrected chi connectivity index (χ1v) is 12.3. The van der Waals surface area contributed by atoms with Gasteiger partial charge < -0.3 is 14.9 Å². The molecule has 1 fully saturated rings. The molecule has 7 nitrogen and oxygen atoms in total. The Balaban J connectivity index is 1.72. The van der Waals surface area contributed by atoms with Crippen molar-refractivity contribution in [2.45, 2.75) is 26.8 Å². The summed E-state index contributed by atoms with van der Waals surface area (Å²) in [6.45, 7) is 6.24.